The largest absolute Gasteiger partial charge is 0.329 e. The summed E-state index contributed by atoms with van der Waals surface area (Å²) in [5.41, 5.74) is 7.48. The Kier molecular flexibility index (Phi) is 5.36. The Hall–Kier alpha value is -1.85. The minimum atomic E-state index is -0.580. The van der Waals surface area contributed by atoms with Crippen molar-refractivity contribution in [1.29, 1.82) is 0 Å². The summed E-state index contributed by atoms with van der Waals surface area (Å²) < 4.78 is 26.8. The maximum atomic E-state index is 13.4. The number of halogens is 2. The van der Waals surface area contributed by atoms with Gasteiger partial charge in [0.1, 0.15) is 11.6 Å². The van der Waals surface area contributed by atoms with Crippen LogP contribution in [0, 0.1) is 11.6 Å². The molecule has 2 aromatic rings. The third-order valence-electron chi connectivity index (χ3n) is 3.47. The number of hydrogen-bond donors (Lipinski definition) is 1. The summed E-state index contributed by atoms with van der Waals surface area (Å²) in [5, 5.41) is 0. The maximum Gasteiger partial charge on any atom is 0.126 e. The summed E-state index contributed by atoms with van der Waals surface area (Å²) in [6.07, 6.45) is 3.45. The highest BCUT2D eigenvalue weighted by Crippen LogP contribution is 2.23. The lowest BCUT2D eigenvalue weighted by Crippen LogP contribution is -2.33. The van der Waals surface area contributed by atoms with Gasteiger partial charge in [0.25, 0.3) is 0 Å². The Bertz CT molecular complexity index is 555. The molecule has 21 heavy (non-hydrogen) atoms. The van der Waals surface area contributed by atoms with E-state index in [9.17, 15) is 8.78 Å². The maximum absolute atomic E-state index is 13.4. The Balaban J connectivity index is 2.24. The average molecular weight is 291 g/mol. The normalized spacial score (nSPS) is 12.6. The van der Waals surface area contributed by atoms with Gasteiger partial charge >= 0.3 is 0 Å². The lowest BCUT2D eigenvalue weighted by atomic mass is 10.0. The molecule has 3 nitrogen and oxygen atoms in total. The predicted molar refractivity (Wildman–Crippen MR) is 78.5 cm³/mol. The van der Waals surface area contributed by atoms with Gasteiger partial charge in [0.05, 0.1) is 0 Å². The van der Waals surface area contributed by atoms with E-state index in [0.29, 0.717) is 18.7 Å². The van der Waals surface area contributed by atoms with Crippen molar-refractivity contribution >= 4 is 0 Å². The Morgan fingerprint density at radius 2 is 1.76 bits per heavy atom. The van der Waals surface area contributed by atoms with Crippen LogP contribution < -0.4 is 5.73 Å². The van der Waals surface area contributed by atoms with Crippen LogP contribution in [0.3, 0.4) is 0 Å². The van der Waals surface area contributed by atoms with Crippen molar-refractivity contribution in [2.24, 2.45) is 5.73 Å². The van der Waals surface area contributed by atoms with Gasteiger partial charge in [0.2, 0.25) is 0 Å². The lowest BCUT2D eigenvalue weighted by molar-refractivity contribution is 0.202. The van der Waals surface area contributed by atoms with Gasteiger partial charge in [0.15, 0.2) is 0 Å². The van der Waals surface area contributed by atoms with E-state index in [2.05, 4.69) is 9.88 Å². The fraction of sp³-hybridized carbons (Fsp3) is 0.312. The van der Waals surface area contributed by atoms with Crippen LogP contribution in [0.5, 0.6) is 0 Å². The number of rotatable bonds is 6. The first-order valence-electron chi connectivity index (χ1n) is 6.93. The zero-order valence-electron chi connectivity index (χ0n) is 12.0. The molecule has 0 fully saturated rings. The SMILES string of the molecule is CCN(Cc1ccncc1)C(CN)c1cc(F)cc(F)c1. The van der Waals surface area contributed by atoms with Gasteiger partial charge in [-0.1, -0.05) is 6.92 Å². The van der Waals surface area contributed by atoms with Gasteiger partial charge in [0, 0.05) is 37.6 Å². The van der Waals surface area contributed by atoms with Crippen molar-refractivity contribution in [3.63, 3.8) is 0 Å². The molecule has 0 spiro atoms. The van der Waals surface area contributed by atoms with Crippen LogP contribution in [-0.4, -0.2) is 23.0 Å². The smallest absolute Gasteiger partial charge is 0.126 e. The molecule has 1 atom stereocenters. The van der Waals surface area contributed by atoms with Crippen LogP contribution in [0.15, 0.2) is 42.7 Å². The Morgan fingerprint density at radius 1 is 1.14 bits per heavy atom. The molecule has 0 amide bonds. The van der Waals surface area contributed by atoms with Crippen molar-refractivity contribution in [3.8, 4) is 0 Å². The fourth-order valence-electron chi connectivity index (χ4n) is 2.43. The van der Waals surface area contributed by atoms with E-state index >= 15 is 0 Å². The van der Waals surface area contributed by atoms with E-state index < -0.39 is 11.6 Å². The third kappa shape index (κ3) is 4.06. The molecule has 0 radical (unpaired) electrons. The minimum absolute atomic E-state index is 0.228. The number of pyridine rings is 1. The van der Waals surface area contributed by atoms with Crippen molar-refractivity contribution in [3.05, 3.63) is 65.5 Å². The van der Waals surface area contributed by atoms with Gasteiger partial charge in [-0.15, -0.1) is 0 Å². The van der Waals surface area contributed by atoms with Crippen molar-refractivity contribution in [1.82, 2.24) is 9.88 Å². The van der Waals surface area contributed by atoms with Crippen LogP contribution in [0.1, 0.15) is 24.1 Å². The molecule has 0 aliphatic heterocycles. The molecule has 1 aromatic heterocycles. The van der Waals surface area contributed by atoms with E-state index in [1.807, 2.05) is 19.1 Å². The fourth-order valence-corrected chi connectivity index (χ4v) is 2.43. The monoisotopic (exact) mass is 291 g/mol. The van der Waals surface area contributed by atoms with E-state index in [1.165, 1.54) is 12.1 Å². The summed E-state index contributed by atoms with van der Waals surface area (Å²) in [6.45, 7) is 3.67. The highest BCUT2D eigenvalue weighted by atomic mass is 19.1. The highest BCUT2D eigenvalue weighted by Gasteiger charge is 2.19. The first kappa shape index (κ1) is 15.5. The summed E-state index contributed by atoms with van der Waals surface area (Å²) in [5.74, 6) is -1.16. The van der Waals surface area contributed by atoms with Gasteiger partial charge in [-0.25, -0.2) is 8.78 Å². The lowest BCUT2D eigenvalue weighted by Gasteiger charge is -2.30. The first-order valence-corrected chi connectivity index (χ1v) is 6.93. The van der Waals surface area contributed by atoms with E-state index in [0.717, 1.165) is 18.2 Å². The topological polar surface area (TPSA) is 42.2 Å². The molecule has 2 N–H and O–H groups in total. The van der Waals surface area contributed by atoms with Crippen LogP contribution in [0.4, 0.5) is 8.78 Å². The molecule has 1 unspecified atom stereocenters. The van der Waals surface area contributed by atoms with Crippen molar-refractivity contribution < 1.29 is 8.78 Å². The molecule has 0 saturated heterocycles. The number of hydrogen-bond acceptors (Lipinski definition) is 3. The third-order valence-corrected chi connectivity index (χ3v) is 3.47. The van der Waals surface area contributed by atoms with E-state index in [1.54, 1.807) is 12.4 Å². The second-order valence-electron chi connectivity index (χ2n) is 4.87. The van der Waals surface area contributed by atoms with Crippen LogP contribution >= 0.6 is 0 Å². The number of nitrogens with zero attached hydrogens (tertiary/aromatic N) is 2. The quantitative estimate of drug-likeness (QED) is 0.890. The summed E-state index contributed by atoms with van der Waals surface area (Å²) in [4.78, 5) is 6.07. The summed E-state index contributed by atoms with van der Waals surface area (Å²) in [7, 11) is 0. The van der Waals surface area contributed by atoms with Gasteiger partial charge in [-0.2, -0.15) is 0 Å². The molecule has 2 rings (SSSR count). The molecule has 1 aromatic carbocycles. The van der Waals surface area contributed by atoms with E-state index in [4.69, 9.17) is 5.73 Å². The zero-order chi connectivity index (χ0) is 15.2. The van der Waals surface area contributed by atoms with Gasteiger partial charge in [-0.05, 0) is 41.9 Å². The van der Waals surface area contributed by atoms with Gasteiger partial charge < -0.3 is 5.73 Å². The molecule has 0 bridgehead atoms. The molecular formula is C16H19F2N3. The Labute approximate surface area is 123 Å². The molecule has 0 saturated carbocycles. The zero-order valence-corrected chi connectivity index (χ0v) is 12.0. The molecule has 0 aliphatic carbocycles. The number of benzene rings is 1. The predicted octanol–water partition coefficient (Wildman–Crippen LogP) is 2.88. The Morgan fingerprint density at radius 3 is 2.29 bits per heavy atom. The molecule has 112 valence electrons. The van der Waals surface area contributed by atoms with Crippen LogP contribution in [0.2, 0.25) is 0 Å². The summed E-state index contributed by atoms with van der Waals surface area (Å²) >= 11 is 0. The van der Waals surface area contributed by atoms with Crippen molar-refractivity contribution in [2.45, 2.75) is 19.5 Å². The summed E-state index contributed by atoms with van der Waals surface area (Å²) in [6, 6.07) is 7.17. The number of aromatic nitrogens is 1. The number of likely N-dealkylation sites (N-methyl/N-ethyl adjacent to an activating group) is 1. The molecule has 1 heterocycles. The van der Waals surface area contributed by atoms with Crippen molar-refractivity contribution in [2.75, 3.05) is 13.1 Å². The number of nitrogens with two attached hydrogens (primary N) is 1. The molecule has 5 heteroatoms. The molecule has 0 aliphatic rings. The first-order chi connectivity index (χ1) is 10.1. The standard InChI is InChI=1S/C16H19F2N3/c1-2-21(11-12-3-5-20-6-4-12)16(10-19)13-7-14(17)9-15(18)8-13/h3-9,16H,2,10-11,19H2,1H3. The van der Waals surface area contributed by atoms with Crippen LogP contribution in [-0.2, 0) is 6.54 Å². The second kappa shape index (κ2) is 7.24. The van der Waals surface area contributed by atoms with E-state index in [-0.39, 0.29) is 6.04 Å². The highest BCUT2D eigenvalue weighted by molar-refractivity contribution is 5.22. The minimum Gasteiger partial charge on any atom is -0.329 e. The van der Waals surface area contributed by atoms with Gasteiger partial charge in [-0.3, -0.25) is 9.88 Å². The molecular weight excluding hydrogens is 272 g/mol. The van der Waals surface area contributed by atoms with Crippen LogP contribution in [0.25, 0.3) is 0 Å². The average Bonchev–Trinajstić information content (AvgIpc) is 2.47. The second-order valence-corrected chi connectivity index (χ2v) is 4.87.